The average Bonchev–Trinajstić information content (AvgIpc) is 2.85. The van der Waals surface area contributed by atoms with E-state index in [1.54, 1.807) is 36.4 Å². The molecule has 9 nitrogen and oxygen atoms in total. The first-order valence-corrected chi connectivity index (χ1v) is 14.2. The predicted molar refractivity (Wildman–Crippen MR) is 146 cm³/mol. The van der Waals surface area contributed by atoms with E-state index in [4.69, 9.17) is 11.6 Å². The van der Waals surface area contributed by atoms with Crippen LogP contribution in [0.25, 0.3) is 11.1 Å². The van der Waals surface area contributed by atoms with Crippen molar-refractivity contribution in [3.63, 3.8) is 0 Å². The lowest BCUT2D eigenvalue weighted by Gasteiger charge is -2.33. The Labute approximate surface area is 233 Å². The predicted octanol–water partition coefficient (Wildman–Crippen LogP) is 5.59. The molecular weight excluding hydrogens is 573 g/mol. The number of rotatable bonds is 7. The lowest BCUT2D eigenvalue weighted by molar-refractivity contribution is -0.274. The van der Waals surface area contributed by atoms with Gasteiger partial charge in [-0.2, -0.15) is 0 Å². The highest BCUT2D eigenvalue weighted by molar-refractivity contribution is 7.92. The van der Waals surface area contributed by atoms with Crippen molar-refractivity contribution in [1.82, 2.24) is 5.32 Å². The van der Waals surface area contributed by atoms with Crippen LogP contribution < -0.4 is 25.0 Å². The highest BCUT2D eigenvalue weighted by atomic mass is 35.5. The Kier molecular flexibility index (Phi) is 8.45. The SMILES string of the molecule is CS(=O)(=O)Nc1ccccc1-c1ccc(N2CCC[C@@H](NC(=O)Nc3ccc(Cl)cc3)C2=O)c(OC(F)(F)F)c1. The van der Waals surface area contributed by atoms with E-state index in [2.05, 4.69) is 20.1 Å². The van der Waals surface area contributed by atoms with Crippen LogP contribution >= 0.6 is 11.6 Å². The Bertz CT molecular complexity index is 1520. The topological polar surface area (TPSA) is 117 Å². The number of amides is 3. The average molecular weight is 597 g/mol. The number of carbonyl (C=O) groups is 2. The van der Waals surface area contributed by atoms with E-state index in [-0.39, 0.29) is 29.9 Å². The third-order valence-electron chi connectivity index (χ3n) is 5.86. The fraction of sp³-hybridized carbons (Fsp3) is 0.231. The zero-order valence-corrected chi connectivity index (χ0v) is 22.5. The number of ether oxygens (including phenoxy) is 1. The molecule has 1 fully saturated rings. The Balaban J connectivity index is 1.61. The van der Waals surface area contributed by atoms with Gasteiger partial charge < -0.3 is 20.3 Å². The maximum Gasteiger partial charge on any atom is 0.573 e. The first-order valence-electron chi connectivity index (χ1n) is 11.9. The summed E-state index contributed by atoms with van der Waals surface area (Å²) in [5, 5.41) is 5.62. The zero-order valence-electron chi connectivity index (χ0n) is 21.0. The van der Waals surface area contributed by atoms with Crippen LogP contribution in [0.5, 0.6) is 5.75 Å². The van der Waals surface area contributed by atoms with Gasteiger partial charge in [0.25, 0.3) is 0 Å². The van der Waals surface area contributed by atoms with Crippen LogP contribution in [0.4, 0.5) is 35.0 Å². The number of para-hydroxylation sites is 1. The molecular formula is C26H24ClF3N4O5S. The molecule has 14 heteroatoms. The second kappa shape index (κ2) is 11.6. The number of nitrogens with zero attached hydrogens (tertiary/aromatic N) is 1. The van der Waals surface area contributed by atoms with Crippen LogP contribution in [0.1, 0.15) is 12.8 Å². The van der Waals surface area contributed by atoms with Crippen LogP contribution in [0, 0.1) is 0 Å². The smallest absolute Gasteiger partial charge is 0.404 e. The highest BCUT2D eigenvalue weighted by Gasteiger charge is 2.36. The van der Waals surface area contributed by atoms with E-state index in [1.165, 1.54) is 24.3 Å². The molecule has 4 rings (SSSR count). The summed E-state index contributed by atoms with van der Waals surface area (Å²) in [7, 11) is -3.68. The molecule has 3 amide bonds. The van der Waals surface area contributed by atoms with Crippen LogP contribution in [-0.2, 0) is 14.8 Å². The molecule has 1 heterocycles. The molecule has 1 atom stereocenters. The van der Waals surface area contributed by atoms with Crippen LogP contribution in [0.3, 0.4) is 0 Å². The summed E-state index contributed by atoms with van der Waals surface area (Å²) in [6.07, 6.45) is -3.45. The Hall–Kier alpha value is -3.97. The second-order valence-corrected chi connectivity index (χ2v) is 11.1. The number of hydrogen-bond donors (Lipinski definition) is 3. The minimum absolute atomic E-state index is 0.0929. The molecule has 0 aromatic heterocycles. The summed E-state index contributed by atoms with van der Waals surface area (Å²) in [6.45, 7) is 0.0929. The molecule has 0 saturated carbocycles. The Morgan fingerprint density at radius 3 is 2.45 bits per heavy atom. The van der Waals surface area contributed by atoms with Gasteiger partial charge in [0.05, 0.1) is 17.6 Å². The second-order valence-electron chi connectivity index (χ2n) is 8.94. The zero-order chi connectivity index (χ0) is 29.1. The summed E-state index contributed by atoms with van der Waals surface area (Å²) in [5.41, 5.74) is 0.958. The van der Waals surface area contributed by atoms with Gasteiger partial charge in [-0.25, -0.2) is 13.2 Å². The maximum absolute atomic E-state index is 13.4. The normalized spacial score (nSPS) is 15.9. The minimum atomic E-state index is -5.08. The monoisotopic (exact) mass is 596 g/mol. The number of halogens is 4. The molecule has 1 saturated heterocycles. The molecule has 0 radical (unpaired) electrons. The number of sulfonamides is 1. The van der Waals surface area contributed by atoms with Gasteiger partial charge in [-0.3, -0.25) is 9.52 Å². The fourth-order valence-corrected chi connectivity index (χ4v) is 4.95. The first-order chi connectivity index (χ1) is 18.8. The lowest BCUT2D eigenvalue weighted by atomic mass is 10.0. The van der Waals surface area contributed by atoms with Crippen LogP contribution in [-0.4, -0.2) is 45.6 Å². The molecule has 0 unspecified atom stereocenters. The van der Waals surface area contributed by atoms with E-state index >= 15 is 0 Å². The van der Waals surface area contributed by atoms with Gasteiger partial charge >= 0.3 is 12.4 Å². The van der Waals surface area contributed by atoms with E-state index in [9.17, 15) is 31.2 Å². The maximum atomic E-state index is 13.4. The van der Waals surface area contributed by atoms with Crippen molar-refractivity contribution < 1.29 is 35.9 Å². The van der Waals surface area contributed by atoms with Crippen LogP contribution in [0.15, 0.2) is 66.7 Å². The summed E-state index contributed by atoms with van der Waals surface area (Å²) < 4.78 is 70.5. The molecule has 0 spiro atoms. The number of anilines is 3. The molecule has 0 aliphatic carbocycles. The van der Waals surface area contributed by atoms with Crippen molar-refractivity contribution in [1.29, 1.82) is 0 Å². The van der Waals surface area contributed by atoms with Gasteiger partial charge in [-0.05, 0) is 60.9 Å². The molecule has 0 bridgehead atoms. The number of urea groups is 1. The number of alkyl halides is 3. The van der Waals surface area contributed by atoms with E-state index < -0.39 is 40.1 Å². The lowest BCUT2D eigenvalue weighted by Crippen LogP contribution is -2.53. The van der Waals surface area contributed by atoms with Crippen molar-refractivity contribution in [2.45, 2.75) is 25.2 Å². The van der Waals surface area contributed by atoms with Gasteiger partial charge in [-0.15, -0.1) is 13.2 Å². The minimum Gasteiger partial charge on any atom is -0.404 e. The summed E-state index contributed by atoms with van der Waals surface area (Å²) in [5.74, 6) is -1.27. The van der Waals surface area contributed by atoms with Crippen molar-refractivity contribution in [2.24, 2.45) is 0 Å². The Morgan fingerprint density at radius 1 is 1.07 bits per heavy atom. The van der Waals surface area contributed by atoms with E-state index in [0.29, 0.717) is 22.7 Å². The van der Waals surface area contributed by atoms with Crippen molar-refractivity contribution in [2.75, 3.05) is 27.7 Å². The van der Waals surface area contributed by atoms with E-state index in [1.807, 2.05) is 0 Å². The summed E-state index contributed by atoms with van der Waals surface area (Å²) >= 11 is 5.84. The van der Waals surface area contributed by atoms with Crippen molar-refractivity contribution in [3.05, 3.63) is 71.8 Å². The van der Waals surface area contributed by atoms with Gasteiger partial charge in [-0.1, -0.05) is 35.9 Å². The standard InChI is InChI=1S/C26H24ClF3N4O5S/c1-40(37,38)33-20-6-3-2-5-19(20)16-8-13-22(23(15-16)39-26(28,29)30)34-14-4-7-21(24(34)35)32-25(36)31-18-11-9-17(27)10-12-18/h2-3,5-6,8-13,15,21,33H,4,7,14H2,1H3,(H2,31,32,36)/t21-/m1/s1. The van der Waals surface area contributed by atoms with Crippen LogP contribution in [0.2, 0.25) is 5.02 Å². The van der Waals surface area contributed by atoms with Crippen molar-refractivity contribution >= 4 is 50.6 Å². The third kappa shape index (κ3) is 7.57. The Morgan fingerprint density at radius 2 is 1.77 bits per heavy atom. The molecule has 3 aromatic rings. The van der Waals surface area contributed by atoms with Gasteiger partial charge in [0.1, 0.15) is 6.04 Å². The molecule has 1 aliphatic rings. The number of piperidine rings is 1. The number of benzene rings is 3. The summed E-state index contributed by atoms with van der Waals surface area (Å²) in [4.78, 5) is 26.9. The first kappa shape index (κ1) is 29.0. The molecule has 40 heavy (non-hydrogen) atoms. The van der Waals surface area contributed by atoms with Gasteiger partial charge in [0, 0.05) is 22.8 Å². The molecule has 1 aliphatic heterocycles. The summed E-state index contributed by atoms with van der Waals surface area (Å²) in [6, 6.07) is 14.6. The van der Waals surface area contributed by atoms with Gasteiger partial charge in [0.2, 0.25) is 15.9 Å². The molecule has 3 N–H and O–H groups in total. The number of carbonyl (C=O) groups excluding carboxylic acids is 2. The number of hydrogen-bond acceptors (Lipinski definition) is 5. The van der Waals surface area contributed by atoms with Crippen molar-refractivity contribution in [3.8, 4) is 16.9 Å². The largest absolute Gasteiger partial charge is 0.573 e. The molecule has 212 valence electrons. The number of nitrogens with one attached hydrogen (secondary N) is 3. The molecule has 3 aromatic carbocycles. The van der Waals surface area contributed by atoms with Gasteiger partial charge in [0.15, 0.2) is 5.75 Å². The third-order valence-corrected chi connectivity index (χ3v) is 6.70. The fourth-order valence-electron chi connectivity index (χ4n) is 4.24. The van der Waals surface area contributed by atoms with E-state index in [0.717, 1.165) is 17.2 Å². The quantitative estimate of drug-likeness (QED) is 0.329. The highest BCUT2D eigenvalue weighted by Crippen LogP contribution is 2.40.